The molecular formula is C16H28N4O2. The van der Waals surface area contributed by atoms with Crippen molar-refractivity contribution in [1.29, 1.82) is 0 Å². The van der Waals surface area contributed by atoms with Crippen LogP contribution >= 0.6 is 0 Å². The molecule has 1 aromatic rings. The molecular weight excluding hydrogens is 280 g/mol. The Morgan fingerprint density at radius 3 is 2.00 bits per heavy atom. The molecule has 0 aliphatic heterocycles. The fourth-order valence-corrected chi connectivity index (χ4v) is 1.86. The summed E-state index contributed by atoms with van der Waals surface area (Å²) >= 11 is 0. The number of nitrogens with zero attached hydrogens (tertiary/aromatic N) is 1. The van der Waals surface area contributed by atoms with Crippen molar-refractivity contribution in [2.45, 2.75) is 40.5 Å². The normalized spacial score (nSPS) is 12.4. The van der Waals surface area contributed by atoms with Crippen LogP contribution in [0.3, 0.4) is 0 Å². The third-order valence-electron chi connectivity index (χ3n) is 2.99. The number of benzene rings is 1. The van der Waals surface area contributed by atoms with E-state index in [0.717, 1.165) is 0 Å². The van der Waals surface area contributed by atoms with Gasteiger partial charge in [0.1, 0.15) is 5.84 Å². The van der Waals surface area contributed by atoms with E-state index in [0.29, 0.717) is 12.3 Å². The maximum absolute atomic E-state index is 10.8. The number of nitrogens with two attached hydrogens (primary N) is 2. The van der Waals surface area contributed by atoms with Gasteiger partial charge >= 0.3 is 5.97 Å². The zero-order valence-electron chi connectivity index (χ0n) is 13.8. The second-order valence-corrected chi connectivity index (χ2v) is 5.76. The van der Waals surface area contributed by atoms with Gasteiger partial charge in [0.05, 0.1) is 5.92 Å². The number of hydrazine groups is 1. The first kappa shape index (κ1) is 19.9. The Bertz CT molecular complexity index is 449. The van der Waals surface area contributed by atoms with Crippen LogP contribution in [0.4, 0.5) is 0 Å². The van der Waals surface area contributed by atoms with Crippen LogP contribution in [0.1, 0.15) is 37.8 Å². The monoisotopic (exact) mass is 308 g/mol. The molecule has 6 N–H and O–H groups in total. The number of rotatable bonds is 6. The van der Waals surface area contributed by atoms with Crippen molar-refractivity contribution in [2.75, 3.05) is 0 Å². The summed E-state index contributed by atoms with van der Waals surface area (Å²) in [4.78, 5) is 10.8. The lowest BCUT2D eigenvalue weighted by Gasteiger charge is -2.13. The van der Waals surface area contributed by atoms with Crippen molar-refractivity contribution in [2.24, 2.45) is 28.5 Å². The number of carboxylic acid groups (broad SMARTS) is 1. The number of hydrogen-bond donors (Lipinski definition) is 4. The molecule has 0 radical (unpaired) electrons. The molecule has 6 nitrogen and oxygen atoms in total. The predicted octanol–water partition coefficient (Wildman–Crippen LogP) is 2.16. The molecule has 0 spiro atoms. The molecule has 1 rings (SSSR count). The molecule has 0 amide bonds. The zero-order chi connectivity index (χ0) is 17.1. The first-order chi connectivity index (χ1) is 10.3. The van der Waals surface area contributed by atoms with Crippen LogP contribution in [0.15, 0.2) is 29.4 Å². The Kier molecular flexibility index (Phi) is 9.61. The highest BCUT2D eigenvalue weighted by Gasteiger charge is 2.20. The number of hydrazone groups is 1. The van der Waals surface area contributed by atoms with Gasteiger partial charge in [-0.1, -0.05) is 49.2 Å². The number of nitrogens with one attached hydrogen (secondary N) is 1. The van der Waals surface area contributed by atoms with E-state index in [1.54, 1.807) is 0 Å². The van der Waals surface area contributed by atoms with Crippen molar-refractivity contribution in [3.8, 4) is 0 Å². The molecule has 0 saturated heterocycles. The lowest BCUT2D eigenvalue weighted by molar-refractivity contribution is -0.142. The van der Waals surface area contributed by atoms with E-state index in [9.17, 15) is 4.79 Å². The molecule has 0 aliphatic carbocycles. The van der Waals surface area contributed by atoms with Gasteiger partial charge < -0.3 is 10.8 Å². The Hall–Kier alpha value is -2.08. The van der Waals surface area contributed by atoms with E-state index in [2.05, 4.69) is 43.2 Å². The molecule has 124 valence electrons. The molecule has 0 aliphatic rings. The smallest absolute Gasteiger partial charge is 0.306 e. The van der Waals surface area contributed by atoms with Gasteiger partial charge in [-0.3, -0.25) is 4.79 Å². The molecule has 1 atom stereocenters. The van der Waals surface area contributed by atoms with Gasteiger partial charge in [0, 0.05) is 6.42 Å². The third-order valence-corrected chi connectivity index (χ3v) is 2.99. The van der Waals surface area contributed by atoms with Crippen molar-refractivity contribution in [3.63, 3.8) is 0 Å². The summed E-state index contributed by atoms with van der Waals surface area (Å²) in [6.45, 7) is 8.12. The number of hydrogen-bond acceptors (Lipinski definition) is 4. The highest BCUT2D eigenvalue weighted by Crippen LogP contribution is 2.15. The molecule has 0 heterocycles. The standard InChI is InChI=1S/C8H18N4O2.C8H10/c1-5(2)3-6(8(13)14)4-7(9)11-12-10;1-7-3-5-8(2)6-4-7/h5-6,12H,3-4,10H2,1-2H3,(H2,9,11)(H,13,14);3-6H,1-2H3. The van der Waals surface area contributed by atoms with Crippen LogP contribution in [0.5, 0.6) is 0 Å². The molecule has 22 heavy (non-hydrogen) atoms. The average molecular weight is 308 g/mol. The number of aliphatic carboxylic acids is 1. The van der Waals surface area contributed by atoms with E-state index in [1.807, 2.05) is 19.4 Å². The highest BCUT2D eigenvalue weighted by atomic mass is 16.4. The van der Waals surface area contributed by atoms with E-state index in [4.69, 9.17) is 16.7 Å². The van der Waals surface area contributed by atoms with Crippen LogP contribution in [0.25, 0.3) is 0 Å². The van der Waals surface area contributed by atoms with E-state index in [-0.39, 0.29) is 12.3 Å². The van der Waals surface area contributed by atoms with Gasteiger partial charge in [-0.05, 0) is 26.2 Å². The molecule has 0 bridgehead atoms. The quantitative estimate of drug-likeness (QED) is 0.278. The van der Waals surface area contributed by atoms with Crippen LogP contribution in [0.2, 0.25) is 0 Å². The minimum absolute atomic E-state index is 0.209. The molecule has 6 heteroatoms. The van der Waals surface area contributed by atoms with E-state index in [1.165, 1.54) is 11.1 Å². The van der Waals surface area contributed by atoms with E-state index < -0.39 is 11.9 Å². The third kappa shape index (κ3) is 9.77. The summed E-state index contributed by atoms with van der Waals surface area (Å²) in [5.74, 6) is 4.09. The highest BCUT2D eigenvalue weighted by molar-refractivity contribution is 5.84. The van der Waals surface area contributed by atoms with Crippen LogP contribution in [-0.4, -0.2) is 16.9 Å². The lowest BCUT2D eigenvalue weighted by Crippen LogP contribution is -2.27. The molecule has 0 saturated carbocycles. The number of carboxylic acids is 1. The average Bonchev–Trinajstić information content (AvgIpc) is 2.42. The van der Waals surface area contributed by atoms with Crippen LogP contribution in [-0.2, 0) is 4.79 Å². The predicted molar refractivity (Wildman–Crippen MR) is 90.1 cm³/mol. The van der Waals surface area contributed by atoms with Gasteiger partial charge in [0.25, 0.3) is 0 Å². The number of carbonyl (C=O) groups is 1. The topological polar surface area (TPSA) is 114 Å². The van der Waals surface area contributed by atoms with Crippen LogP contribution in [0, 0.1) is 25.7 Å². The van der Waals surface area contributed by atoms with Gasteiger partial charge in [-0.15, -0.1) is 0 Å². The van der Waals surface area contributed by atoms with Crippen molar-refractivity contribution in [3.05, 3.63) is 35.4 Å². The van der Waals surface area contributed by atoms with Gasteiger partial charge in [-0.2, -0.15) is 5.10 Å². The van der Waals surface area contributed by atoms with E-state index >= 15 is 0 Å². The summed E-state index contributed by atoms with van der Waals surface area (Å²) in [7, 11) is 0. The Morgan fingerprint density at radius 2 is 1.68 bits per heavy atom. The minimum atomic E-state index is -0.853. The second-order valence-electron chi connectivity index (χ2n) is 5.76. The maximum atomic E-state index is 10.8. The Balaban J connectivity index is 0.000000461. The van der Waals surface area contributed by atoms with Gasteiger partial charge in [-0.25, -0.2) is 11.4 Å². The lowest BCUT2D eigenvalue weighted by atomic mass is 9.94. The van der Waals surface area contributed by atoms with Crippen molar-refractivity contribution in [1.82, 2.24) is 5.53 Å². The fraction of sp³-hybridized carbons (Fsp3) is 0.500. The van der Waals surface area contributed by atoms with Gasteiger partial charge in [0.2, 0.25) is 0 Å². The Labute approximate surface area is 132 Å². The van der Waals surface area contributed by atoms with Gasteiger partial charge in [0.15, 0.2) is 0 Å². The summed E-state index contributed by atoms with van der Waals surface area (Å²) in [6, 6.07) is 8.48. The van der Waals surface area contributed by atoms with Crippen molar-refractivity contribution < 1.29 is 9.90 Å². The first-order valence-corrected chi connectivity index (χ1v) is 7.30. The first-order valence-electron chi connectivity index (χ1n) is 7.30. The largest absolute Gasteiger partial charge is 0.481 e. The molecule has 1 unspecified atom stereocenters. The summed E-state index contributed by atoms with van der Waals surface area (Å²) in [5.41, 5.74) is 10.1. The molecule has 1 aromatic carbocycles. The summed E-state index contributed by atoms with van der Waals surface area (Å²) < 4.78 is 0. The number of aryl methyl sites for hydroxylation is 2. The molecule has 0 aromatic heterocycles. The van der Waals surface area contributed by atoms with Crippen molar-refractivity contribution >= 4 is 11.8 Å². The Morgan fingerprint density at radius 1 is 1.23 bits per heavy atom. The fourth-order valence-electron chi connectivity index (χ4n) is 1.86. The number of amidine groups is 1. The maximum Gasteiger partial charge on any atom is 0.306 e. The van der Waals surface area contributed by atoms with Crippen LogP contribution < -0.4 is 17.1 Å². The summed E-state index contributed by atoms with van der Waals surface area (Å²) in [6.07, 6.45) is 0.799. The SMILES string of the molecule is CC(C)CC(C/C(N)=N/NN)C(=O)O.Cc1ccc(C)cc1. The second kappa shape index (κ2) is 10.6. The zero-order valence-corrected chi connectivity index (χ0v) is 13.8. The molecule has 0 fully saturated rings. The summed E-state index contributed by atoms with van der Waals surface area (Å²) in [5, 5.41) is 12.4. The minimum Gasteiger partial charge on any atom is -0.481 e.